The maximum atomic E-state index is 13.1. The number of imidazole rings is 1. The van der Waals surface area contributed by atoms with Crippen molar-refractivity contribution in [1.82, 2.24) is 29.7 Å². The van der Waals surface area contributed by atoms with Crippen molar-refractivity contribution in [3.05, 3.63) is 102 Å². The Morgan fingerprint density at radius 2 is 1.94 bits per heavy atom. The van der Waals surface area contributed by atoms with Crippen molar-refractivity contribution in [1.29, 1.82) is 0 Å². The van der Waals surface area contributed by atoms with E-state index in [9.17, 15) is 9.59 Å². The van der Waals surface area contributed by atoms with Crippen LogP contribution >= 0.6 is 0 Å². The lowest BCUT2D eigenvalue weighted by Crippen LogP contribution is -2.42. The number of hydrogen-bond acceptors (Lipinski definition) is 6. The molecular formula is C23H20N6O3. The van der Waals surface area contributed by atoms with Gasteiger partial charge in [-0.1, -0.05) is 36.4 Å². The Hall–Kier alpha value is -4.27. The van der Waals surface area contributed by atoms with E-state index < -0.39 is 6.04 Å². The van der Waals surface area contributed by atoms with Gasteiger partial charge in [-0.2, -0.15) is 0 Å². The van der Waals surface area contributed by atoms with E-state index in [1.165, 1.54) is 12.6 Å². The number of nitrogens with one attached hydrogen (secondary N) is 1. The summed E-state index contributed by atoms with van der Waals surface area (Å²) in [5, 5.41) is 2.88. The third-order valence-electron chi connectivity index (χ3n) is 5.37. The van der Waals surface area contributed by atoms with Crippen LogP contribution in [0, 0.1) is 0 Å². The molecular weight excluding hydrogens is 408 g/mol. The Bertz CT molecular complexity index is 1220. The number of rotatable bonds is 5. The Morgan fingerprint density at radius 1 is 1.06 bits per heavy atom. The van der Waals surface area contributed by atoms with Crippen LogP contribution in [0.2, 0.25) is 0 Å². The first-order valence-electron chi connectivity index (χ1n) is 10.2. The number of oxazole rings is 1. The van der Waals surface area contributed by atoms with Gasteiger partial charge in [0.1, 0.15) is 17.6 Å². The molecule has 32 heavy (non-hydrogen) atoms. The predicted molar refractivity (Wildman–Crippen MR) is 113 cm³/mol. The van der Waals surface area contributed by atoms with Crippen LogP contribution in [-0.2, 0) is 13.1 Å². The zero-order valence-electron chi connectivity index (χ0n) is 17.1. The van der Waals surface area contributed by atoms with Crippen LogP contribution < -0.4 is 5.32 Å². The first-order chi connectivity index (χ1) is 15.7. The Balaban J connectivity index is 1.45. The molecule has 9 heteroatoms. The van der Waals surface area contributed by atoms with Gasteiger partial charge in [-0.05, 0) is 17.2 Å². The van der Waals surface area contributed by atoms with Crippen LogP contribution in [0.1, 0.15) is 44.0 Å². The van der Waals surface area contributed by atoms with E-state index in [4.69, 9.17) is 4.42 Å². The fourth-order valence-electron chi connectivity index (χ4n) is 3.84. The van der Waals surface area contributed by atoms with E-state index in [1.807, 2.05) is 47.0 Å². The number of carbonyl (C=O) groups is 2. The van der Waals surface area contributed by atoms with Crippen molar-refractivity contribution in [2.24, 2.45) is 0 Å². The van der Waals surface area contributed by atoms with E-state index >= 15 is 0 Å². The Morgan fingerprint density at radius 3 is 2.69 bits per heavy atom. The summed E-state index contributed by atoms with van der Waals surface area (Å²) < 4.78 is 7.17. The molecule has 5 rings (SSSR count). The second-order valence-corrected chi connectivity index (χ2v) is 7.40. The molecule has 1 aromatic carbocycles. The molecule has 1 atom stereocenters. The molecule has 1 unspecified atom stereocenters. The number of fused-ring (bicyclic) bond motifs is 1. The molecule has 160 valence electrons. The summed E-state index contributed by atoms with van der Waals surface area (Å²) in [7, 11) is 0. The zero-order valence-corrected chi connectivity index (χ0v) is 17.1. The predicted octanol–water partition coefficient (Wildman–Crippen LogP) is 2.44. The summed E-state index contributed by atoms with van der Waals surface area (Å²) in [5.74, 6) is 0.242. The van der Waals surface area contributed by atoms with Gasteiger partial charge >= 0.3 is 0 Å². The van der Waals surface area contributed by atoms with Crippen LogP contribution in [0.3, 0.4) is 0 Å². The number of hydrogen-bond donors (Lipinski definition) is 1. The molecule has 0 bridgehead atoms. The molecule has 0 aliphatic carbocycles. The fraction of sp³-hybridized carbons (Fsp3) is 0.174. The van der Waals surface area contributed by atoms with Crippen molar-refractivity contribution in [3.63, 3.8) is 0 Å². The highest BCUT2D eigenvalue weighted by atomic mass is 16.3. The maximum Gasteiger partial charge on any atom is 0.292 e. The van der Waals surface area contributed by atoms with Crippen LogP contribution in [0.15, 0.2) is 78.1 Å². The Kier molecular flexibility index (Phi) is 5.20. The lowest BCUT2D eigenvalue weighted by molar-refractivity contribution is 0.0626. The Labute approximate surface area is 183 Å². The van der Waals surface area contributed by atoms with E-state index in [1.54, 1.807) is 23.5 Å². The smallest absolute Gasteiger partial charge is 0.292 e. The molecule has 9 nitrogen and oxygen atoms in total. The molecule has 0 saturated heterocycles. The molecule has 1 N–H and O–H groups in total. The topological polar surface area (TPSA) is 106 Å². The first-order valence-corrected chi connectivity index (χ1v) is 10.2. The fourth-order valence-corrected chi connectivity index (χ4v) is 3.84. The minimum absolute atomic E-state index is 0.167. The number of aromatic nitrogens is 4. The average Bonchev–Trinajstić information content (AvgIpc) is 3.53. The zero-order chi connectivity index (χ0) is 21.9. The average molecular weight is 428 g/mol. The first kappa shape index (κ1) is 19.7. The van der Waals surface area contributed by atoms with Crippen LogP contribution in [0.5, 0.6) is 0 Å². The van der Waals surface area contributed by atoms with Crippen molar-refractivity contribution >= 4 is 11.8 Å². The van der Waals surface area contributed by atoms with Gasteiger partial charge in [-0.15, -0.1) is 0 Å². The number of pyridine rings is 1. The molecule has 2 amide bonds. The van der Waals surface area contributed by atoms with E-state index in [2.05, 4.69) is 20.3 Å². The monoisotopic (exact) mass is 428 g/mol. The second-order valence-electron chi connectivity index (χ2n) is 7.40. The molecule has 1 aliphatic rings. The minimum atomic E-state index is -0.456. The normalized spacial score (nSPS) is 15.2. The largest absolute Gasteiger partial charge is 0.438 e. The number of carbonyl (C=O) groups excluding carboxylic acids is 2. The van der Waals surface area contributed by atoms with Gasteiger partial charge in [0.2, 0.25) is 5.76 Å². The number of benzene rings is 1. The van der Waals surface area contributed by atoms with Gasteiger partial charge < -0.3 is 19.2 Å². The summed E-state index contributed by atoms with van der Waals surface area (Å²) in [6.45, 7) is 1.31. The van der Waals surface area contributed by atoms with Gasteiger partial charge in [0, 0.05) is 38.2 Å². The highest BCUT2D eigenvalue weighted by Crippen LogP contribution is 2.32. The van der Waals surface area contributed by atoms with Gasteiger partial charge in [0.25, 0.3) is 11.8 Å². The third-order valence-corrected chi connectivity index (χ3v) is 5.37. The summed E-state index contributed by atoms with van der Waals surface area (Å²) in [4.78, 5) is 40.1. The van der Waals surface area contributed by atoms with E-state index in [0.717, 1.165) is 11.1 Å². The highest BCUT2D eigenvalue weighted by molar-refractivity contribution is 5.93. The van der Waals surface area contributed by atoms with Crippen LogP contribution in [0.25, 0.3) is 0 Å². The standard InChI is InChI=1S/C23H20N6O3/c30-22(26-12-16-5-4-8-24-11-16)18-14-28-9-10-29(23(31)19-13-25-15-32-19)20(21(28)27-18)17-6-2-1-3-7-17/h1-8,11,13-15,20H,9-10,12H2,(H,26,30). The van der Waals surface area contributed by atoms with E-state index in [0.29, 0.717) is 31.2 Å². The van der Waals surface area contributed by atoms with Gasteiger partial charge in [0.05, 0.1) is 6.20 Å². The molecule has 0 radical (unpaired) electrons. The summed E-state index contributed by atoms with van der Waals surface area (Å²) in [6.07, 6.45) is 7.77. The van der Waals surface area contributed by atoms with Crippen LogP contribution in [0.4, 0.5) is 0 Å². The molecule has 0 spiro atoms. The summed E-state index contributed by atoms with van der Waals surface area (Å²) >= 11 is 0. The molecule has 3 aromatic heterocycles. The number of nitrogens with zero attached hydrogens (tertiary/aromatic N) is 5. The van der Waals surface area contributed by atoms with Gasteiger partial charge in [-0.25, -0.2) is 9.97 Å². The summed E-state index contributed by atoms with van der Waals surface area (Å²) in [6, 6.07) is 12.9. The van der Waals surface area contributed by atoms with Crippen molar-refractivity contribution in [3.8, 4) is 0 Å². The van der Waals surface area contributed by atoms with E-state index in [-0.39, 0.29) is 17.6 Å². The number of amides is 2. The van der Waals surface area contributed by atoms with Gasteiger partial charge in [0.15, 0.2) is 6.39 Å². The second kappa shape index (κ2) is 8.46. The SMILES string of the molecule is O=C(NCc1cccnc1)c1cn2c(n1)C(c1ccccc1)N(C(=O)c1cnco1)CC2. The minimum Gasteiger partial charge on any atom is -0.438 e. The molecule has 0 fully saturated rings. The lowest BCUT2D eigenvalue weighted by Gasteiger charge is -2.35. The molecule has 4 heterocycles. The summed E-state index contributed by atoms with van der Waals surface area (Å²) in [5.41, 5.74) is 2.10. The lowest BCUT2D eigenvalue weighted by atomic mass is 10.0. The van der Waals surface area contributed by atoms with Crippen molar-refractivity contribution < 1.29 is 14.0 Å². The molecule has 4 aromatic rings. The third kappa shape index (κ3) is 3.76. The van der Waals surface area contributed by atoms with Gasteiger partial charge in [-0.3, -0.25) is 14.6 Å². The quantitative estimate of drug-likeness (QED) is 0.523. The molecule has 0 saturated carbocycles. The molecule has 1 aliphatic heterocycles. The maximum absolute atomic E-state index is 13.1. The van der Waals surface area contributed by atoms with Crippen LogP contribution in [-0.4, -0.2) is 42.8 Å². The van der Waals surface area contributed by atoms with Crippen molar-refractivity contribution in [2.45, 2.75) is 19.1 Å². The van der Waals surface area contributed by atoms with Crippen molar-refractivity contribution in [2.75, 3.05) is 6.54 Å². The highest BCUT2D eigenvalue weighted by Gasteiger charge is 2.36.